The van der Waals surface area contributed by atoms with Crippen molar-refractivity contribution in [1.29, 1.82) is 0 Å². The second-order valence-electron chi connectivity index (χ2n) is 9.22. The van der Waals surface area contributed by atoms with E-state index in [4.69, 9.17) is 21.1 Å². The molecule has 2 atom stereocenters. The Balaban J connectivity index is 1.36. The standard InChI is InChI=1S/C28H28ClFN2O4S/c29-19-7-9-20(10-8-19)36-18-25-23-12-15-37-26(23)11-13-32(25)27(33)17-31(16-21-4-3-14-35-21)28(34)22-5-1-2-6-24(22)30/h1-2,5-10,12,15,21,25H,3-4,11,13-14,16-18H2/t21-,25+/m0/s1. The third kappa shape index (κ3) is 5.98. The monoisotopic (exact) mass is 542 g/mol. The largest absolute Gasteiger partial charge is 0.491 e. The zero-order chi connectivity index (χ0) is 25.8. The van der Waals surface area contributed by atoms with Crippen molar-refractivity contribution in [3.63, 3.8) is 0 Å². The van der Waals surface area contributed by atoms with E-state index in [-0.39, 0.29) is 43.3 Å². The van der Waals surface area contributed by atoms with Gasteiger partial charge in [0.15, 0.2) is 0 Å². The number of halogens is 2. The van der Waals surface area contributed by atoms with Gasteiger partial charge in [0.25, 0.3) is 5.91 Å². The Hall–Kier alpha value is -2.94. The van der Waals surface area contributed by atoms with E-state index in [1.807, 2.05) is 11.4 Å². The molecule has 1 saturated heterocycles. The number of hydrogen-bond donors (Lipinski definition) is 0. The summed E-state index contributed by atoms with van der Waals surface area (Å²) in [4.78, 5) is 31.5. The summed E-state index contributed by atoms with van der Waals surface area (Å²) in [6.45, 7) is 1.48. The van der Waals surface area contributed by atoms with E-state index in [0.717, 1.165) is 24.8 Å². The highest BCUT2D eigenvalue weighted by atomic mass is 35.5. The van der Waals surface area contributed by atoms with Gasteiger partial charge in [-0.25, -0.2) is 4.39 Å². The first kappa shape index (κ1) is 25.7. The molecule has 2 aromatic carbocycles. The molecule has 0 bridgehead atoms. The highest BCUT2D eigenvalue weighted by Gasteiger charge is 2.35. The first-order valence-corrected chi connectivity index (χ1v) is 13.6. The number of amides is 2. The summed E-state index contributed by atoms with van der Waals surface area (Å²) >= 11 is 7.67. The van der Waals surface area contributed by atoms with Gasteiger partial charge in [0.2, 0.25) is 5.91 Å². The number of benzene rings is 2. The van der Waals surface area contributed by atoms with Gasteiger partial charge in [-0.2, -0.15) is 0 Å². The molecule has 0 aliphatic carbocycles. The molecule has 194 valence electrons. The molecule has 2 aliphatic rings. The van der Waals surface area contributed by atoms with Gasteiger partial charge in [-0.3, -0.25) is 9.59 Å². The number of fused-ring (bicyclic) bond motifs is 1. The summed E-state index contributed by atoms with van der Waals surface area (Å²) in [7, 11) is 0. The SMILES string of the molecule is O=C(c1ccccc1F)N(CC(=O)N1CCc2sccc2[C@H]1COc1ccc(Cl)cc1)C[C@@H]1CCCO1. The van der Waals surface area contributed by atoms with E-state index in [0.29, 0.717) is 23.9 Å². The number of thiophene rings is 1. The average Bonchev–Trinajstić information content (AvgIpc) is 3.60. The van der Waals surface area contributed by atoms with Gasteiger partial charge in [-0.15, -0.1) is 11.3 Å². The molecule has 3 heterocycles. The Kier molecular flexibility index (Phi) is 8.08. The number of carbonyl (C=O) groups excluding carboxylic acids is 2. The predicted molar refractivity (Wildman–Crippen MR) is 141 cm³/mol. The number of carbonyl (C=O) groups is 2. The number of nitrogens with zero attached hydrogens (tertiary/aromatic N) is 2. The van der Waals surface area contributed by atoms with Crippen molar-refractivity contribution < 1.29 is 23.5 Å². The summed E-state index contributed by atoms with van der Waals surface area (Å²) in [5.74, 6) is -0.658. The van der Waals surface area contributed by atoms with Crippen molar-refractivity contribution in [1.82, 2.24) is 9.80 Å². The molecule has 1 fully saturated rings. The smallest absolute Gasteiger partial charge is 0.257 e. The Labute approximate surface area is 224 Å². The van der Waals surface area contributed by atoms with Crippen LogP contribution < -0.4 is 4.74 Å². The van der Waals surface area contributed by atoms with Crippen LogP contribution in [0.5, 0.6) is 5.75 Å². The van der Waals surface area contributed by atoms with Crippen molar-refractivity contribution in [2.24, 2.45) is 0 Å². The first-order valence-electron chi connectivity index (χ1n) is 12.4. The normalized spacial score (nSPS) is 18.9. The summed E-state index contributed by atoms with van der Waals surface area (Å²) in [5.41, 5.74) is 1.01. The maximum atomic E-state index is 14.5. The van der Waals surface area contributed by atoms with Crippen LogP contribution in [0.25, 0.3) is 0 Å². The quantitative estimate of drug-likeness (QED) is 0.384. The molecule has 2 amide bonds. The second kappa shape index (κ2) is 11.6. The number of rotatable bonds is 8. The van der Waals surface area contributed by atoms with Crippen molar-refractivity contribution in [3.8, 4) is 5.75 Å². The second-order valence-corrected chi connectivity index (χ2v) is 10.7. The van der Waals surface area contributed by atoms with Gasteiger partial charge in [0.05, 0.1) is 17.7 Å². The van der Waals surface area contributed by atoms with Crippen LogP contribution in [0.1, 0.15) is 39.7 Å². The fraction of sp³-hybridized carbons (Fsp3) is 0.357. The summed E-state index contributed by atoms with van der Waals surface area (Å²) in [6.07, 6.45) is 2.27. The van der Waals surface area contributed by atoms with Crippen molar-refractivity contribution in [2.75, 3.05) is 32.8 Å². The van der Waals surface area contributed by atoms with E-state index >= 15 is 0 Å². The molecule has 3 aromatic rings. The van der Waals surface area contributed by atoms with Gasteiger partial charge in [-0.1, -0.05) is 23.7 Å². The first-order chi connectivity index (χ1) is 18.0. The van der Waals surface area contributed by atoms with Crippen LogP contribution in [0.3, 0.4) is 0 Å². The van der Waals surface area contributed by atoms with Gasteiger partial charge in [0.1, 0.15) is 24.7 Å². The minimum atomic E-state index is -0.604. The van der Waals surface area contributed by atoms with Crippen LogP contribution in [0, 0.1) is 5.82 Å². The molecule has 1 aromatic heterocycles. The lowest BCUT2D eigenvalue weighted by atomic mass is 10.00. The maximum absolute atomic E-state index is 14.5. The van der Waals surface area contributed by atoms with Crippen LogP contribution in [0.15, 0.2) is 60.0 Å². The molecule has 0 saturated carbocycles. The lowest BCUT2D eigenvalue weighted by Gasteiger charge is -2.37. The highest BCUT2D eigenvalue weighted by molar-refractivity contribution is 7.10. The summed E-state index contributed by atoms with van der Waals surface area (Å²) in [6, 6.07) is 14.7. The van der Waals surface area contributed by atoms with Crippen molar-refractivity contribution in [2.45, 2.75) is 31.4 Å². The van der Waals surface area contributed by atoms with E-state index in [1.54, 1.807) is 52.6 Å². The van der Waals surface area contributed by atoms with Crippen LogP contribution >= 0.6 is 22.9 Å². The predicted octanol–water partition coefficient (Wildman–Crippen LogP) is 5.37. The Bertz CT molecular complexity index is 1240. The van der Waals surface area contributed by atoms with Crippen LogP contribution in [0.2, 0.25) is 5.02 Å². The fourth-order valence-electron chi connectivity index (χ4n) is 4.89. The Morgan fingerprint density at radius 1 is 1.16 bits per heavy atom. The van der Waals surface area contributed by atoms with E-state index in [2.05, 4.69) is 0 Å². The minimum Gasteiger partial charge on any atom is -0.491 e. The minimum absolute atomic E-state index is 0.0466. The molecule has 0 unspecified atom stereocenters. The third-order valence-corrected chi connectivity index (χ3v) is 8.05. The van der Waals surface area contributed by atoms with Gasteiger partial charge >= 0.3 is 0 Å². The van der Waals surface area contributed by atoms with E-state index in [1.165, 1.54) is 21.9 Å². The molecular formula is C28H28ClFN2O4S. The molecule has 0 spiro atoms. The molecule has 37 heavy (non-hydrogen) atoms. The topological polar surface area (TPSA) is 59.1 Å². The third-order valence-electron chi connectivity index (χ3n) is 6.80. The molecule has 0 N–H and O–H groups in total. The average molecular weight is 543 g/mol. The highest BCUT2D eigenvalue weighted by Crippen LogP contribution is 2.34. The molecule has 0 radical (unpaired) electrons. The fourth-order valence-corrected chi connectivity index (χ4v) is 5.95. The van der Waals surface area contributed by atoms with Crippen LogP contribution in [0.4, 0.5) is 4.39 Å². The molecule has 6 nitrogen and oxygen atoms in total. The lowest BCUT2D eigenvalue weighted by molar-refractivity contribution is -0.135. The van der Waals surface area contributed by atoms with Crippen molar-refractivity contribution in [3.05, 3.63) is 86.8 Å². The van der Waals surface area contributed by atoms with Crippen molar-refractivity contribution >= 4 is 34.8 Å². The number of hydrogen-bond acceptors (Lipinski definition) is 5. The Morgan fingerprint density at radius 2 is 1.97 bits per heavy atom. The van der Waals surface area contributed by atoms with Gasteiger partial charge < -0.3 is 19.3 Å². The van der Waals surface area contributed by atoms with E-state index < -0.39 is 11.7 Å². The lowest BCUT2D eigenvalue weighted by Crippen LogP contribution is -2.49. The van der Waals surface area contributed by atoms with Crippen LogP contribution in [-0.2, 0) is 16.0 Å². The Morgan fingerprint density at radius 3 is 2.73 bits per heavy atom. The molecule has 2 aliphatic heterocycles. The van der Waals surface area contributed by atoms with Gasteiger partial charge in [-0.05, 0) is 72.7 Å². The summed E-state index contributed by atoms with van der Waals surface area (Å²) < 4.78 is 26.3. The summed E-state index contributed by atoms with van der Waals surface area (Å²) in [5, 5.41) is 2.65. The van der Waals surface area contributed by atoms with Crippen LogP contribution in [-0.4, -0.2) is 60.6 Å². The molecule has 5 rings (SSSR count). The number of ether oxygens (including phenoxy) is 2. The molecular weight excluding hydrogens is 515 g/mol. The maximum Gasteiger partial charge on any atom is 0.257 e. The van der Waals surface area contributed by atoms with E-state index in [9.17, 15) is 14.0 Å². The zero-order valence-corrected chi connectivity index (χ0v) is 21.8. The van der Waals surface area contributed by atoms with Gasteiger partial charge in [0, 0.05) is 29.6 Å². The molecule has 9 heteroatoms. The zero-order valence-electron chi connectivity index (χ0n) is 20.3.